The average Bonchev–Trinajstić information content (AvgIpc) is 2.77. The number of aliphatic hydroxyl groups is 1. The fraction of sp³-hybridized carbons (Fsp3) is 0.312. The molecule has 2 rings (SSSR count). The van der Waals surface area contributed by atoms with Crippen LogP contribution in [0.15, 0.2) is 24.5 Å². The molecule has 4 heteroatoms. The van der Waals surface area contributed by atoms with Crippen molar-refractivity contribution in [3.63, 3.8) is 0 Å². The van der Waals surface area contributed by atoms with Crippen molar-refractivity contribution in [2.45, 2.75) is 20.4 Å². The fourth-order valence-electron chi connectivity index (χ4n) is 2.01. The Morgan fingerprint density at radius 2 is 2.15 bits per heavy atom. The summed E-state index contributed by atoms with van der Waals surface area (Å²) in [4.78, 5) is 4.30. The molecule has 4 nitrogen and oxygen atoms in total. The lowest BCUT2D eigenvalue weighted by atomic mass is 10.1. The number of benzene rings is 1. The van der Waals surface area contributed by atoms with Gasteiger partial charge < -0.3 is 14.4 Å². The van der Waals surface area contributed by atoms with Crippen molar-refractivity contribution in [1.29, 1.82) is 0 Å². The number of rotatable bonds is 3. The summed E-state index contributed by atoms with van der Waals surface area (Å²) in [7, 11) is 1.66. The lowest BCUT2D eigenvalue weighted by molar-refractivity contribution is 0.350. The van der Waals surface area contributed by atoms with Crippen LogP contribution >= 0.6 is 0 Å². The summed E-state index contributed by atoms with van der Waals surface area (Å²) in [6.07, 6.45) is 1.83. The van der Waals surface area contributed by atoms with E-state index >= 15 is 0 Å². The summed E-state index contributed by atoms with van der Waals surface area (Å²) in [5, 5.41) is 8.76. The van der Waals surface area contributed by atoms with Gasteiger partial charge in [-0.25, -0.2) is 4.98 Å². The highest BCUT2D eigenvalue weighted by Gasteiger charge is 2.08. The number of hydrogen-bond acceptors (Lipinski definition) is 3. The van der Waals surface area contributed by atoms with Crippen molar-refractivity contribution in [1.82, 2.24) is 9.55 Å². The van der Waals surface area contributed by atoms with Gasteiger partial charge in [-0.1, -0.05) is 11.8 Å². The monoisotopic (exact) mass is 270 g/mol. The molecular weight excluding hydrogens is 252 g/mol. The van der Waals surface area contributed by atoms with Crippen LogP contribution in [0.25, 0.3) is 0 Å². The van der Waals surface area contributed by atoms with Crippen molar-refractivity contribution in [2.75, 3.05) is 13.7 Å². The third kappa shape index (κ3) is 3.01. The molecule has 0 unspecified atom stereocenters. The molecule has 0 aliphatic carbocycles. The van der Waals surface area contributed by atoms with Crippen LogP contribution < -0.4 is 4.74 Å². The zero-order valence-electron chi connectivity index (χ0n) is 12.0. The molecule has 0 fully saturated rings. The van der Waals surface area contributed by atoms with Gasteiger partial charge in [0.1, 0.15) is 12.4 Å². The lowest BCUT2D eigenvalue weighted by Crippen LogP contribution is -2.03. The van der Waals surface area contributed by atoms with E-state index in [0.29, 0.717) is 6.54 Å². The third-order valence-corrected chi connectivity index (χ3v) is 3.28. The first-order valence-electron chi connectivity index (χ1n) is 6.40. The maximum atomic E-state index is 8.76. The minimum atomic E-state index is -0.138. The first-order valence-corrected chi connectivity index (χ1v) is 6.40. The smallest absolute Gasteiger partial charge is 0.123 e. The summed E-state index contributed by atoms with van der Waals surface area (Å²) in [5.74, 6) is 6.39. The molecule has 0 atom stereocenters. The van der Waals surface area contributed by atoms with E-state index in [2.05, 4.69) is 21.4 Å². The van der Waals surface area contributed by atoms with Crippen molar-refractivity contribution >= 4 is 0 Å². The Hall–Kier alpha value is -2.25. The van der Waals surface area contributed by atoms with Gasteiger partial charge in [-0.3, -0.25) is 0 Å². The van der Waals surface area contributed by atoms with Gasteiger partial charge in [0.15, 0.2) is 0 Å². The van der Waals surface area contributed by atoms with Crippen LogP contribution in [0.1, 0.15) is 22.5 Å². The van der Waals surface area contributed by atoms with Crippen LogP contribution in [0.3, 0.4) is 0 Å². The number of nitrogens with zero attached hydrogens (tertiary/aromatic N) is 2. The summed E-state index contributed by atoms with van der Waals surface area (Å²) in [6, 6.07) is 5.77. The number of hydrogen-bond donors (Lipinski definition) is 1. The van der Waals surface area contributed by atoms with Crippen LogP contribution in [-0.4, -0.2) is 28.4 Å². The first kappa shape index (κ1) is 14.2. The first-order chi connectivity index (χ1) is 9.65. The van der Waals surface area contributed by atoms with Gasteiger partial charge >= 0.3 is 0 Å². The standard InChI is InChI=1S/C16H18N2O2/c1-12-13(2)18(11-17-12)10-15-9-14(5-4-8-19)6-7-16(15)20-3/h6-7,9,11,19H,8,10H2,1-3H3. The van der Waals surface area contributed by atoms with Crippen molar-refractivity contribution < 1.29 is 9.84 Å². The highest BCUT2D eigenvalue weighted by Crippen LogP contribution is 2.21. The Labute approximate surface area is 119 Å². The molecule has 1 N–H and O–H groups in total. The summed E-state index contributed by atoms with van der Waals surface area (Å²) in [5.41, 5.74) is 4.07. The number of aromatic nitrogens is 2. The molecule has 1 heterocycles. The van der Waals surface area contributed by atoms with E-state index in [0.717, 1.165) is 28.3 Å². The molecule has 104 valence electrons. The van der Waals surface area contributed by atoms with Gasteiger partial charge in [0.05, 0.1) is 25.7 Å². The highest BCUT2D eigenvalue weighted by atomic mass is 16.5. The molecular formula is C16H18N2O2. The Bertz CT molecular complexity index is 663. The van der Waals surface area contributed by atoms with Gasteiger partial charge in [0.2, 0.25) is 0 Å². The molecule has 0 aliphatic rings. The average molecular weight is 270 g/mol. The van der Waals surface area contributed by atoms with Crippen LogP contribution in [0.2, 0.25) is 0 Å². The van der Waals surface area contributed by atoms with E-state index in [-0.39, 0.29) is 6.61 Å². The molecule has 0 spiro atoms. The second-order valence-electron chi connectivity index (χ2n) is 4.53. The molecule has 1 aromatic heterocycles. The number of aliphatic hydroxyl groups excluding tert-OH is 1. The minimum absolute atomic E-state index is 0.138. The van der Waals surface area contributed by atoms with E-state index in [1.54, 1.807) is 7.11 Å². The molecule has 0 bridgehead atoms. The van der Waals surface area contributed by atoms with E-state index in [9.17, 15) is 0 Å². The van der Waals surface area contributed by atoms with Crippen LogP contribution in [0.5, 0.6) is 5.75 Å². The Morgan fingerprint density at radius 1 is 1.35 bits per heavy atom. The van der Waals surface area contributed by atoms with E-state index in [1.807, 2.05) is 38.4 Å². The van der Waals surface area contributed by atoms with Gasteiger partial charge in [-0.05, 0) is 32.0 Å². The number of imidazole rings is 1. The largest absolute Gasteiger partial charge is 0.496 e. The summed E-state index contributed by atoms with van der Waals surface area (Å²) in [6.45, 7) is 4.59. The third-order valence-electron chi connectivity index (χ3n) is 3.28. The second kappa shape index (κ2) is 6.27. The predicted octanol–water partition coefficient (Wildman–Crippen LogP) is 1.90. The molecule has 0 aliphatic heterocycles. The molecule has 20 heavy (non-hydrogen) atoms. The summed E-state index contributed by atoms with van der Waals surface area (Å²) < 4.78 is 7.47. The molecule has 2 aromatic rings. The predicted molar refractivity (Wildman–Crippen MR) is 77.8 cm³/mol. The van der Waals surface area contributed by atoms with E-state index in [4.69, 9.17) is 9.84 Å². The zero-order valence-corrected chi connectivity index (χ0v) is 12.0. The van der Waals surface area contributed by atoms with Crippen molar-refractivity contribution in [3.05, 3.63) is 47.0 Å². The topological polar surface area (TPSA) is 47.3 Å². The Morgan fingerprint density at radius 3 is 2.75 bits per heavy atom. The molecule has 0 saturated heterocycles. The van der Waals surface area contributed by atoms with Crippen molar-refractivity contribution in [3.8, 4) is 17.6 Å². The Balaban J connectivity index is 2.35. The van der Waals surface area contributed by atoms with Gasteiger partial charge in [0, 0.05) is 16.8 Å². The number of ether oxygens (including phenoxy) is 1. The van der Waals surface area contributed by atoms with Crippen LogP contribution in [0, 0.1) is 25.7 Å². The molecule has 0 amide bonds. The fourth-order valence-corrected chi connectivity index (χ4v) is 2.01. The van der Waals surface area contributed by atoms with Crippen LogP contribution in [0.4, 0.5) is 0 Å². The quantitative estimate of drug-likeness (QED) is 0.867. The van der Waals surface area contributed by atoms with Gasteiger partial charge in [-0.15, -0.1) is 0 Å². The maximum absolute atomic E-state index is 8.76. The second-order valence-corrected chi connectivity index (χ2v) is 4.53. The SMILES string of the molecule is COc1ccc(C#CCO)cc1Cn1cnc(C)c1C. The van der Waals surface area contributed by atoms with Crippen LogP contribution in [-0.2, 0) is 6.54 Å². The number of methoxy groups -OCH3 is 1. The maximum Gasteiger partial charge on any atom is 0.123 e. The van der Waals surface area contributed by atoms with Gasteiger partial charge in [-0.2, -0.15) is 0 Å². The van der Waals surface area contributed by atoms with E-state index < -0.39 is 0 Å². The van der Waals surface area contributed by atoms with Gasteiger partial charge in [0.25, 0.3) is 0 Å². The zero-order chi connectivity index (χ0) is 14.5. The number of aryl methyl sites for hydroxylation is 1. The molecule has 0 saturated carbocycles. The minimum Gasteiger partial charge on any atom is -0.496 e. The van der Waals surface area contributed by atoms with Crippen molar-refractivity contribution in [2.24, 2.45) is 0 Å². The molecule has 0 radical (unpaired) electrons. The Kier molecular flexibility index (Phi) is 4.44. The normalized spacial score (nSPS) is 10.0. The highest BCUT2D eigenvalue weighted by molar-refractivity contribution is 5.44. The lowest BCUT2D eigenvalue weighted by Gasteiger charge is -2.11. The van der Waals surface area contributed by atoms with E-state index in [1.165, 1.54) is 0 Å². The summed E-state index contributed by atoms with van der Waals surface area (Å²) >= 11 is 0. The molecule has 1 aromatic carbocycles.